The van der Waals surface area contributed by atoms with Crippen LogP contribution in [0.25, 0.3) is 0 Å². The largest absolute Gasteiger partial charge is 0.303 e. The highest BCUT2D eigenvalue weighted by Gasteiger charge is 2.26. The highest BCUT2D eigenvalue weighted by atomic mass is 32.2. The van der Waals surface area contributed by atoms with Gasteiger partial charge in [-0.1, -0.05) is 31.2 Å². The molecule has 0 aliphatic carbocycles. The summed E-state index contributed by atoms with van der Waals surface area (Å²) in [6, 6.07) is 8.10. The SMILES string of the molecule is CC(CNS(=O)(=O)N1CCc2ccccc2C1)CN1CCCC1. The molecule has 3 rings (SSSR count). The second-order valence-electron chi connectivity index (χ2n) is 6.82. The van der Waals surface area contributed by atoms with Crippen molar-refractivity contribution in [1.29, 1.82) is 0 Å². The van der Waals surface area contributed by atoms with E-state index in [9.17, 15) is 8.42 Å². The average molecular weight is 337 g/mol. The Morgan fingerprint density at radius 3 is 2.57 bits per heavy atom. The minimum Gasteiger partial charge on any atom is -0.303 e. The zero-order valence-corrected chi connectivity index (χ0v) is 14.7. The molecule has 1 aromatic carbocycles. The molecule has 0 aromatic heterocycles. The van der Waals surface area contributed by atoms with Crippen molar-refractivity contribution in [2.45, 2.75) is 32.7 Å². The lowest BCUT2D eigenvalue weighted by Gasteiger charge is -2.29. The molecule has 2 aliphatic heterocycles. The molecule has 23 heavy (non-hydrogen) atoms. The summed E-state index contributed by atoms with van der Waals surface area (Å²) in [4.78, 5) is 2.43. The van der Waals surface area contributed by atoms with Gasteiger partial charge in [-0.15, -0.1) is 0 Å². The summed E-state index contributed by atoms with van der Waals surface area (Å²) >= 11 is 0. The summed E-state index contributed by atoms with van der Waals surface area (Å²) in [6.07, 6.45) is 3.33. The van der Waals surface area contributed by atoms with E-state index in [1.54, 1.807) is 4.31 Å². The third-order valence-electron chi connectivity index (χ3n) is 4.82. The van der Waals surface area contributed by atoms with Crippen LogP contribution in [0, 0.1) is 5.92 Å². The van der Waals surface area contributed by atoms with Crippen LogP contribution in [0.15, 0.2) is 24.3 Å². The predicted octanol–water partition coefficient (Wildman–Crippen LogP) is 1.61. The average Bonchev–Trinajstić information content (AvgIpc) is 3.05. The van der Waals surface area contributed by atoms with Crippen LogP contribution in [0.2, 0.25) is 0 Å². The van der Waals surface area contributed by atoms with Gasteiger partial charge in [0.05, 0.1) is 0 Å². The van der Waals surface area contributed by atoms with Crippen LogP contribution >= 0.6 is 0 Å². The Balaban J connectivity index is 1.53. The lowest BCUT2D eigenvalue weighted by molar-refractivity contribution is 0.286. The molecule has 1 N–H and O–H groups in total. The fraction of sp³-hybridized carbons (Fsp3) is 0.647. The molecular formula is C17H27N3O2S. The number of nitrogens with zero attached hydrogens (tertiary/aromatic N) is 2. The topological polar surface area (TPSA) is 52.7 Å². The van der Waals surface area contributed by atoms with E-state index in [0.717, 1.165) is 31.6 Å². The summed E-state index contributed by atoms with van der Waals surface area (Å²) in [7, 11) is -3.39. The first-order chi connectivity index (χ1) is 11.0. The zero-order valence-electron chi connectivity index (χ0n) is 13.9. The van der Waals surface area contributed by atoms with Crippen molar-refractivity contribution in [2.75, 3.05) is 32.7 Å². The van der Waals surface area contributed by atoms with E-state index in [-0.39, 0.29) is 0 Å². The van der Waals surface area contributed by atoms with Crippen molar-refractivity contribution < 1.29 is 8.42 Å². The van der Waals surface area contributed by atoms with E-state index in [4.69, 9.17) is 0 Å². The quantitative estimate of drug-likeness (QED) is 0.858. The van der Waals surface area contributed by atoms with Crippen molar-refractivity contribution in [3.8, 4) is 0 Å². The third-order valence-corrected chi connectivity index (χ3v) is 6.34. The van der Waals surface area contributed by atoms with Gasteiger partial charge in [-0.2, -0.15) is 12.7 Å². The Morgan fingerprint density at radius 1 is 1.13 bits per heavy atom. The van der Waals surface area contributed by atoms with Crippen molar-refractivity contribution in [2.24, 2.45) is 5.92 Å². The number of hydrogen-bond acceptors (Lipinski definition) is 3. The van der Waals surface area contributed by atoms with Gasteiger partial charge in [-0.25, -0.2) is 4.72 Å². The number of fused-ring (bicyclic) bond motifs is 1. The van der Waals surface area contributed by atoms with Crippen molar-refractivity contribution in [1.82, 2.24) is 13.9 Å². The maximum absolute atomic E-state index is 12.5. The van der Waals surface area contributed by atoms with Gasteiger partial charge in [0, 0.05) is 26.2 Å². The van der Waals surface area contributed by atoms with Gasteiger partial charge in [0.15, 0.2) is 0 Å². The van der Waals surface area contributed by atoms with Crippen LogP contribution < -0.4 is 4.72 Å². The Hall–Kier alpha value is -0.950. The van der Waals surface area contributed by atoms with Gasteiger partial charge in [-0.05, 0) is 49.4 Å². The molecule has 0 spiro atoms. The normalized spacial score (nSPS) is 21.3. The smallest absolute Gasteiger partial charge is 0.279 e. The second-order valence-corrected chi connectivity index (χ2v) is 8.57. The van der Waals surface area contributed by atoms with Gasteiger partial charge < -0.3 is 4.90 Å². The van der Waals surface area contributed by atoms with Gasteiger partial charge in [0.1, 0.15) is 0 Å². The molecule has 0 saturated carbocycles. The van der Waals surface area contributed by atoms with E-state index < -0.39 is 10.2 Å². The van der Waals surface area contributed by atoms with Crippen molar-refractivity contribution >= 4 is 10.2 Å². The number of rotatable bonds is 6. The molecule has 6 heteroatoms. The maximum atomic E-state index is 12.5. The Labute approximate surface area is 139 Å². The summed E-state index contributed by atoms with van der Waals surface area (Å²) in [5, 5.41) is 0. The van der Waals surface area contributed by atoms with Crippen LogP contribution in [0.3, 0.4) is 0 Å². The standard InChI is InChI=1S/C17H27N3O2S/c1-15(13-19-9-4-5-10-19)12-18-23(21,22)20-11-8-16-6-2-3-7-17(16)14-20/h2-3,6-7,15,18H,4-5,8-14H2,1H3. The Bertz CT molecular complexity index is 626. The van der Waals surface area contributed by atoms with Gasteiger partial charge in [-0.3, -0.25) is 0 Å². The molecule has 1 fully saturated rings. The monoisotopic (exact) mass is 337 g/mol. The van der Waals surface area contributed by atoms with Gasteiger partial charge in [0.25, 0.3) is 10.2 Å². The molecule has 0 amide bonds. The van der Waals surface area contributed by atoms with E-state index in [0.29, 0.717) is 25.6 Å². The Kier molecular flexibility index (Phi) is 5.36. The minimum atomic E-state index is -3.39. The lowest BCUT2D eigenvalue weighted by Crippen LogP contribution is -2.45. The van der Waals surface area contributed by atoms with Crippen LogP contribution in [0.1, 0.15) is 30.9 Å². The first-order valence-electron chi connectivity index (χ1n) is 8.58. The molecule has 1 aromatic rings. The predicted molar refractivity (Wildman–Crippen MR) is 92.3 cm³/mol. The summed E-state index contributed by atoms with van der Waals surface area (Å²) < 4.78 is 29.4. The maximum Gasteiger partial charge on any atom is 0.279 e. The first kappa shape index (κ1) is 16.9. The first-order valence-corrected chi connectivity index (χ1v) is 10.0. The van der Waals surface area contributed by atoms with Crippen LogP contribution in [0.5, 0.6) is 0 Å². The van der Waals surface area contributed by atoms with Crippen LogP contribution in [0.4, 0.5) is 0 Å². The highest BCUT2D eigenvalue weighted by molar-refractivity contribution is 7.87. The molecule has 2 heterocycles. The molecule has 1 unspecified atom stereocenters. The fourth-order valence-electron chi connectivity index (χ4n) is 3.48. The molecule has 5 nitrogen and oxygen atoms in total. The summed E-state index contributed by atoms with van der Waals surface area (Å²) in [5.74, 6) is 0.333. The van der Waals surface area contributed by atoms with Crippen molar-refractivity contribution in [3.63, 3.8) is 0 Å². The number of benzene rings is 1. The molecular weight excluding hydrogens is 310 g/mol. The molecule has 2 aliphatic rings. The highest BCUT2D eigenvalue weighted by Crippen LogP contribution is 2.20. The molecule has 1 saturated heterocycles. The number of nitrogens with one attached hydrogen (secondary N) is 1. The third kappa shape index (κ3) is 4.32. The van der Waals surface area contributed by atoms with Crippen molar-refractivity contribution in [3.05, 3.63) is 35.4 Å². The van der Waals surface area contributed by atoms with E-state index >= 15 is 0 Å². The van der Waals surface area contributed by atoms with E-state index in [2.05, 4.69) is 22.6 Å². The fourth-order valence-corrected chi connectivity index (χ4v) is 4.80. The number of likely N-dealkylation sites (tertiary alicyclic amines) is 1. The molecule has 0 bridgehead atoms. The summed E-state index contributed by atoms with van der Waals surface area (Å²) in [5.41, 5.74) is 2.38. The van der Waals surface area contributed by atoms with E-state index in [1.165, 1.54) is 18.4 Å². The minimum absolute atomic E-state index is 0.333. The lowest BCUT2D eigenvalue weighted by atomic mass is 10.0. The zero-order chi connectivity index (χ0) is 16.3. The van der Waals surface area contributed by atoms with Crippen LogP contribution in [-0.4, -0.2) is 50.3 Å². The molecule has 128 valence electrons. The Morgan fingerprint density at radius 2 is 1.83 bits per heavy atom. The van der Waals surface area contributed by atoms with E-state index in [1.807, 2.05) is 18.2 Å². The molecule has 1 atom stereocenters. The van der Waals surface area contributed by atoms with Crippen LogP contribution in [-0.2, 0) is 23.2 Å². The van der Waals surface area contributed by atoms with Gasteiger partial charge in [0.2, 0.25) is 0 Å². The van der Waals surface area contributed by atoms with Gasteiger partial charge >= 0.3 is 0 Å². The summed E-state index contributed by atoms with van der Waals surface area (Å²) in [6.45, 7) is 6.95. The second kappa shape index (κ2) is 7.30. The molecule has 0 radical (unpaired) electrons. The number of hydrogen-bond donors (Lipinski definition) is 1.